The normalized spacial score (nSPS) is 17.5. The van der Waals surface area contributed by atoms with Crippen LogP contribution in [0.1, 0.15) is 62.6 Å². The summed E-state index contributed by atoms with van der Waals surface area (Å²) in [6.45, 7) is 8.10. The van der Waals surface area contributed by atoms with Crippen LogP contribution in [0.15, 0.2) is 35.0 Å². The standard InChI is InChI=1S/C28H33FN8O4/c1-15-6-9-18(14-37(15)27(39)40-5)32-23-21-19(10-11-30-22(21)34-35-23)16-7-8-17(20(29)12-16)13-31-25(38)24-33-26(41-36-24)28(2,3)4/h7-8,10-12,15,18H,6,9,13-14H2,1-5H3,(H,31,38)(H2,30,32,34,35)/t15-,18+/m0/s1. The summed E-state index contributed by atoms with van der Waals surface area (Å²) in [5.41, 5.74) is 1.81. The first-order valence-corrected chi connectivity index (χ1v) is 13.4. The number of H-pyrrole nitrogens is 1. The van der Waals surface area contributed by atoms with E-state index in [0.717, 1.165) is 18.4 Å². The molecule has 4 heterocycles. The van der Waals surface area contributed by atoms with E-state index < -0.39 is 17.1 Å². The lowest BCUT2D eigenvalue weighted by atomic mass is 9.97. The predicted molar refractivity (Wildman–Crippen MR) is 149 cm³/mol. The van der Waals surface area contributed by atoms with E-state index in [4.69, 9.17) is 9.26 Å². The Morgan fingerprint density at radius 1 is 1.24 bits per heavy atom. The van der Waals surface area contributed by atoms with Crippen LogP contribution in [0.2, 0.25) is 0 Å². The summed E-state index contributed by atoms with van der Waals surface area (Å²) in [5, 5.41) is 17.9. The molecular weight excluding hydrogens is 531 g/mol. The lowest BCUT2D eigenvalue weighted by molar-refractivity contribution is 0.0910. The van der Waals surface area contributed by atoms with Crippen LogP contribution in [0.4, 0.5) is 15.0 Å². The maximum atomic E-state index is 15.2. The molecule has 3 N–H and O–H groups in total. The van der Waals surface area contributed by atoms with Crippen molar-refractivity contribution in [1.82, 2.24) is 35.5 Å². The fourth-order valence-electron chi connectivity index (χ4n) is 4.82. The van der Waals surface area contributed by atoms with Gasteiger partial charge in [-0.15, -0.1) is 0 Å². The maximum Gasteiger partial charge on any atom is 0.409 e. The average Bonchev–Trinajstić information content (AvgIpc) is 3.61. The number of rotatable bonds is 6. The van der Waals surface area contributed by atoms with Crippen LogP contribution in [0, 0.1) is 5.82 Å². The molecule has 0 saturated carbocycles. The number of carbonyl (C=O) groups is 2. The van der Waals surface area contributed by atoms with Crippen molar-refractivity contribution in [3.05, 3.63) is 53.6 Å². The number of fused-ring (bicyclic) bond motifs is 1. The number of anilines is 1. The Balaban J connectivity index is 1.33. The number of nitrogens with one attached hydrogen (secondary N) is 3. The molecule has 41 heavy (non-hydrogen) atoms. The molecule has 1 fully saturated rings. The molecule has 0 spiro atoms. The summed E-state index contributed by atoms with van der Waals surface area (Å²) < 4.78 is 25.3. The zero-order valence-electron chi connectivity index (χ0n) is 23.6. The van der Waals surface area contributed by atoms with E-state index >= 15 is 4.39 Å². The van der Waals surface area contributed by atoms with Crippen molar-refractivity contribution in [3.63, 3.8) is 0 Å². The van der Waals surface area contributed by atoms with Crippen LogP contribution in [-0.4, -0.2) is 68.0 Å². The molecule has 1 aliphatic heterocycles. The number of aromatic amines is 1. The first-order chi connectivity index (χ1) is 19.5. The summed E-state index contributed by atoms with van der Waals surface area (Å²) >= 11 is 0. The SMILES string of the molecule is COC(=O)N1C[C@H](Nc2n[nH]c3nccc(-c4ccc(CNC(=O)c5noc(C(C)(C)C)n5)c(F)c4)c23)CC[C@@H]1C. The van der Waals surface area contributed by atoms with Crippen molar-refractivity contribution in [2.45, 2.75) is 64.6 Å². The van der Waals surface area contributed by atoms with Crippen LogP contribution in [0.5, 0.6) is 0 Å². The zero-order valence-corrected chi connectivity index (χ0v) is 23.6. The number of pyridine rings is 1. The van der Waals surface area contributed by atoms with E-state index in [1.807, 2.05) is 27.7 Å². The summed E-state index contributed by atoms with van der Waals surface area (Å²) in [5.74, 6) is -0.231. The Bertz CT molecular complexity index is 1580. The van der Waals surface area contributed by atoms with Crippen molar-refractivity contribution in [1.29, 1.82) is 0 Å². The van der Waals surface area contributed by atoms with Crippen LogP contribution in [-0.2, 0) is 16.7 Å². The summed E-state index contributed by atoms with van der Waals surface area (Å²) in [7, 11) is 1.38. The van der Waals surface area contributed by atoms with Crippen molar-refractivity contribution >= 4 is 28.9 Å². The molecule has 3 aromatic heterocycles. The van der Waals surface area contributed by atoms with Gasteiger partial charge in [-0.05, 0) is 43.0 Å². The van der Waals surface area contributed by atoms with E-state index in [1.54, 1.807) is 29.3 Å². The van der Waals surface area contributed by atoms with Gasteiger partial charge in [-0.1, -0.05) is 38.1 Å². The van der Waals surface area contributed by atoms with E-state index in [0.29, 0.717) is 40.4 Å². The second kappa shape index (κ2) is 11.1. The number of carbonyl (C=O) groups excluding carboxylic acids is 2. The largest absolute Gasteiger partial charge is 0.453 e. The minimum atomic E-state index is -0.555. The Hall–Kier alpha value is -4.55. The molecule has 0 aliphatic carbocycles. The molecule has 216 valence electrons. The number of hydrogen-bond acceptors (Lipinski definition) is 9. The van der Waals surface area contributed by atoms with E-state index in [1.165, 1.54) is 13.2 Å². The molecule has 0 radical (unpaired) electrons. The number of halogens is 1. The number of ether oxygens (including phenoxy) is 1. The first-order valence-electron chi connectivity index (χ1n) is 13.4. The third-order valence-corrected chi connectivity index (χ3v) is 7.17. The topological polar surface area (TPSA) is 151 Å². The molecule has 2 atom stereocenters. The van der Waals surface area contributed by atoms with Crippen LogP contribution >= 0.6 is 0 Å². The van der Waals surface area contributed by atoms with E-state index in [2.05, 4.69) is 36.0 Å². The third kappa shape index (κ3) is 5.83. The third-order valence-electron chi connectivity index (χ3n) is 7.17. The molecule has 1 aliphatic rings. The van der Waals surface area contributed by atoms with Crippen LogP contribution in [0.25, 0.3) is 22.2 Å². The van der Waals surface area contributed by atoms with Crippen molar-refractivity contribution < 1.29 is 23.2 Å². The molecule has 5 rings (SSSR count). The first kappa shape index (κ1) is 28.0. The van der Waals surface area contributed by atoms with Gasteiger partial charge >= 0.3 is 6.09 Å². The smallest absolute Gasteiger partial charge is 0.409 e. The van der Waals surface area contributed by atoms with Gasteiger partial charge in [-0.3, -0.25) is 9.89 Å². The Labute approximate surface area is 236 Å². The quantitative estimate of drug-likeness (QED) is 0.309. The lowest BCUT2D eigenvalue weighted by Crippen LogP contribution is -2.49. The summed E-state index contributed by atoms with van der Waals surface area (Å²) in [6, 6.07) is 6.65. The predicted octanol–water partition coefficient (Wildman–Crippen LogP) is 4.41. The van der Waals surface area contributed by atoms with Gasteiger partial charge in [0, 0.05) is 42.3 Å². The minimum Gasteiger partial charge on any atom is -0.453 e. The van der Waals surface area contributed by atoms with Crippen molar-refractivity contribution in [2.24, 2.45) is 0 Å². The number of piperidine rings is 1. The Morgan fingerprint density at radius 3 is 2.76 bits per heavy atom. The van der Waals surface area contributed by atoms with Gasteiger partial charge in [-0.25, -0.2) is 14.2 Å². The minimum absolute atomic E-state index is 0.0498. The molecule has 1 saturated heterocycles. The number of methoxy groups -OCH3 is 1. The average molecular weight is 565 g/mol. The zero-order chi connectivity index (χ0) is 29.3. The summed E-state index contributed by atoms with van der Waals surface area (Å²) in [4.78, 5) is 34.9. The van der Waals surface area contributed by atoms with Crippen molar-refractivity contribution in [2.75, 3.05) is 19.0 Å². The van der Waals surface area contributed by atoms with Gasteiger partial charge in [0.25, 0.3) is 11.7 Å². The molecule has 13 heteroatoms. The van der Waals surface area contributed by atoms with Gasteiger partial charge in [0.1, 0.15) is 5.82 Å². The van der Waals surface area contributed by atoms with Crippen LogP contribution < -0.4 is 10.6 Å². The Morgan fingerprint density at radius 2 is 2.05 bits per heavy atom. The molecular formula is C28H33FN8O4. The molecule has 0 bridgehead atoms. The number of nitrogens with zero attached hydrogens (tertiary/aromatic N) is 5. The Kier molecular flexibility index (Phi) is 7.61. The molecule has 0 unspecified atom stereocenters. The fourth-order valence-corrected chi connectivity index (χ4v) is 4.82. The molecule has 12 nitrogen and oxygen atoms in total. The fraction of sp³-hybridized carbons (Fsp3) is 0.429. The highest BCUT2D eigenvalue weighted by Crippen LogP contribution is 2.33. The van der Waals surface area contributed by atoms with Gasteiger partial charge < -0.3 is 24.8 Å². The highest BCUT2D eigenvalue weighted by molar-refractivity contribution is 6.00. The number of benzene rings is 1. The summed E-state index contributed by atoms with van der Waals surface area (Å²) in [6.07, 6.45) is 2.92. The highest BCUT2D eigenvalue weighted by atomic mass is 19.1. The van der Waals surface area contributed by atoms with Gasteiger partial charge in [-0.2, -0.15) is 10.1 Å². The van der Waals surface area contributed by atoms with E-state index in [9.17, 15) is 9.59 Å². The monoisotopic (exact) mass is 564 g/mol. The molecule has 4 aromatic rings. The number of hydrogen-bond donors (Lipinski definition) is 3. The lowest BCUT2D eigenvalue weighted by Gasteiger charge is -2.37. The number of aromatic nitrogens is 5. The van der Waals surface area contributed by atoms with Gasteiger partial charge in [0.2, 0.25) is 5.89 Å². The van der Waals surface area contributed by atoms with E-state index in [-0.39, 0.29) is 30.5 Å². The van der Waals surface area contributed by atoms with Gasteiger partial charge in [0.15, 0.2) is 11.5 Å². The highest BCUT2D eigenvalue weighted by Gasteiger charge is 2.30. The van der Waals surface area contributed by atoms with Gasteiger partial charge in [0.05, 0.1) is 12.5 Å². The van der Waals surface area contributed by atoms with Crippen molar-refractivity contribution in [3.8, 4) is 11.1 Å². The number of likely N-dealkylation sites (tertiary alicyclic amines) is 1. The second-order valence-electron chi connectivity index (χ2n) is 11.2. The molecule has 1 aromatic carbocycles. The maximum absolute atomic E-state index is 15.2. The number of amides is 2. The molecule has 2 amide bonds. The second-order valence-corrected chi connectivity index (χ2v) is 11.2. The van der Waals surface area contributed by atoms with Crippen LogP contribution in [0.3, 0.4) is 0 Å².